The number of nitrogens with zero attached hydrogens (tertiary/aromatic N) is 2. The highest BCUT2D eigenvalue weighted by Crippen LogP contribution is 2.25. The predicted molar refractivity (Wildman–Crippen MR) is 74.2 cm³/mol. The third-order valence-electron chi connectivity index (χ3n) is 2.76. The second-order valence-corrected chi connectivity index (χ2v) is 5.02. The number of anilines is 1. The number of hydrogen-bond donors (Lipinski definition) is 2. The molecule has 18 heavy (non-hydrogen) atoms. The summed E-state index contributed by atoms with van der Waals surface area (Å²) in [5.74, 6) is 0.664. The van der Waals surface area contributed by atoms with E-state index in [4.69, 9.17) is 0 Å². The van der Waals surface area contributed by atoms with E-state index in [0.717, 1.165) is 5.56 Å². The van der Waals surface area contributed by atoms with Gasteiger partial charge in [-0.25, -0.2) is 9.97 Å². The van der Waals surface area contributed by atoms with Crippen LogP contribution in [0.15, 0.2) is 47.3 Å². The fourth-order valence-corrected chi connectivity index (χ4v) is 2.00. The molecule has 0 fully saturated rings. The van der Waals surface area contributed by atoms with Crippen LogP contribution in [0.5, 0.6) is 0 Å². The van der Waals surface area contributed by atoms with Gasteiger partial charge < -0.3 is 10.4 Å². The van der Waals surface area contributed by atoms with Gasteiger partial charge in [-0.05, 0) is 28.4 Å². The molecule has 1 atom stereocenters. The van der Waals surface area contributed by atoms with Crippen molar-refractivity contribution in [1.29, 1.82) is 0 Å². The molecule has 94 valence electrons. The molecule has 0 saturated heterocycles. The first kappa shape index (κ1) is 13.0. The predicted octanol–water partition coefficient (Wildman–Crippen LogP) is 2.56. The zero-order valence-electron chi connectivity index (χ0n) is 9.97. The standard InChI is InChI=1S/C13H14BrN3O/c1-13(8-18,10-5-3-2-4-6-10)17-12-7-11(14)15-9-16-12/h2-7,9,18H,8H2,1H3,(H,15,16,17). The van der Waals surface area contributed by atoms with Gasteiger partial charge in [-0.2, -0.15) is 0 Å². The van der Waals surface area contributed by atoms with Crippen molar-refractivity contribution in [3.8, 4) is 0 Å². The summed E-state index contributed by atoms with van der Waals surface area (Å²) in [6.07, 6.45) is 1.47. The highest BCUT2D eigenvalue weighted by Gasteiger charge is 2.25. The molecule has 4 nitrogen and oxygen atoms in total. The van der Waals surface area contributed by atoms with E-state index < -0.39 is 5.54 Å². The Bertz CT molecular complexity index is 521. The van der Waals surface area contributed by atoms with Crippen molar-refractivity contribution >= 4 is 21.7 Å². The first-order chi connectivity index (χ1) is 8.64. The van der Waals surface area contributed by atoms with Crippen molar-refractivity contribution in [2.75, 3.05) is 11.9 Å². The molecule has 0 aliphatic heterocycles. The minimum atomic E-state index is -0.574. The Kier molecular flexibility index (Phi) is 3.93. The van der Waals surface area contributed by atoms with Crippen LogP contribution < -0.4 is 5.32 Å². The number of nitrogens with one attached hydrogen (secondary N) is 1. The average molecular weight is 308 g/mol. The molecular formula is C13H14BrN3O. The Hall–Kier alpha value is -1.46. The molecule has 0 radical (unpaired) electrons. The summed E-state index contributed by atoms with van der Waals surface area (Å²) >= 11 is 3.29. The smallest absolute Gasteiger partial charge is 0.131 e. The van der Waals surface area contributed by atoms with Gasteiger partial charge in [-0.1, -0.05) is 30.3 Å². The van der Waals surface area contributed by atoms with Gasteiger partial charge in [0.25, 0.3) is 0 Å². The van der Waals surface area contributed by atoms with Crippen LogP contribution in [-0.4, -0.2) is 21.7 Å². The molecule has 1 unspecified atom stereocenters. The number of aromatic nitrogens is 2. The van der Waals surface area contributed by atoms with Crippen LogP contribution in [-0.2, 0) is 5.54 Å². The quantitative estimate of drug-likeness (QED) is 0.852. The van der Waals surface area contributed by atoms with E-state index in [2.05, 4.69) is 31.2 Å². The summed E-state index contributed by atoms with van der Waals surface area (Å²) in [4.78, 5) is 8.11. The van der Waals surface area contributed by atoms with Crippen LogP contribution in [0.3, 0.4) is 0 Å². The number of hydrogen-bond acceptors (Lipinski definition) is 4. The van der Waals surface area contributed by atoms with E-state index in [0.29, 0.717) is 10.4 Å². The zero-order valence-corrected chi connectivity index (χ0v) is 11.6. The number of rotatable bonds is 4. The van der Waals surface area contributed by atoms with Gasteiger partial charge in [0, 0.05) is 6.07 Å². The van der Waals surface area contributed by atoms with Crippen LogP contribution >= 0.6 is 15.9 Å². The highest BCUT2D eigenvalue weighted by atomic mass is 79.9. The number of aliphatic hydroxyl groups is 1. The summed E-state index contributed by atoms with van der Waals surface area (Å²) in [5, 5.41) is 12.9. The molecule has 0 aliphatic rings. The second kappa shape index (κ2) is 5.46. The van der Waals surface area contributed by atoms with E-state index >= 15 is 0 Å². The first-order valence-corrected chi connectivity index (χ1v) is 6.35. The SMILES string of the molecule is CC(CO)(Nc1cc(Br)ncn1)c1ccccc1. The summed E-state index contributed by atoms with van der Waals surface area (Å²) in [6.45, 7) is 1.90. The van der Waals surface area contributed by atoms with Crippen molar-refractivity contribution in [1.82, 2.24) is 9.97 Å². The van der Waals surface area contributed by atoms with E-state index in [-0.39, 0.29) is 6.61 Å². The van der Waals surface area contributed by atoms with E-state index in [1.807, 2.05) is 37.3 Å². The maximum atomic E-state index is 9.65. The van der Waals surface area contributed by atoms with Gasteiger partial charge in [0.1, 0.15) is 16.7 Å². The molecule has 1 aromatic carbocycles. The second-order valence-electron chi connectivity index (χ2n) is 4.21. The fraction of sp³-hybridized carbons (Fsp3) is 0.231. The van der Waals surface area contributed by atoms with Crippen LogP contribution in [0, 0.1) is 0 Å². The highest BCUT2D eigenvalue weighted by molar-refractivity contribution is 9.10. The van der Waals surface area contributed by atoms with Gasteiger partial charge >= 0.3 is 0 Å². The van der Waals surface area contributed by atoms with E-state index in [9.17, 15) is 5.11 Å². The molecule has 1 aromatic heterocycles. The molecule has 0 spiro atoms. The number of aliphatic hydroxyl groups excluding tert-OH is 1. The van der Waals surface area contributed by atoms with Crippen LogP contribution in [0.1, 0.15) is 12.5 Å². The minimum absolute atomic E-state index is 0.0291. The van der Waals surface area contributed by atoms with Crippen molar-refractivity contribution in [3.05, 3.63) is 52.9 Å². The van der Waals surface area contributed by atoms with Gasteiger partial charge in [0.05, 0.1) is 12.1 Å². The molecule has 0 saturated carbocycles. The topological polar surface area (TPSA) is 58.0 Å². The third-order valence-corrected chi connectivity index (χ3v) is 3.20. The Balaban J connectivity index is 2.29. The lowest BCUT2D eigenvalue weighted by Crippen LogP contribution is -2.36. The zero-order chi connectivity index (χ0) is 13.0. The largest absolute Gasteiger partial charge is 0.394 e. The molecule has 0 amide bonds. The van der Waals surface area contributed by atoms with E-state index in [1.54, 1.807) is 6.07 Å². The van der Waals surface area contributed by atoms with Gasteiger partial charge in [-0.3, -0.25) is 0 Å². The molecule has 2 aromatic rings. The number of benzene rings is 1. The van der Waals surface area contributed by atoms with Crippen LogP contribution in [0.2, 0.25) is 0 Å². The van der Waals surface area contributed by atoms with Gasteiger partial charge in [-0.15, -0.1) is 0 Å². The van der Waals surface area contributed by atoms with Crippen molar-refractivity contribution < 1.29 is 5.11 Å². The molecule has 0 bridgehead atoms. The van der Waals surface area contributed by atoms with E-state index in [1.165, 1.54) is 6.33 Å². The monoisotopic (exact) mass is 307 g/mol. The molecule has 2 rings (SSSR count). The van der Waals surface area contributed by atoms with Crippen molar-refractivity contribution in [3.63, 3.8) is 0 Å². The Morgan fingerprint density at radius 3 is 2.61 bits per heavy atom. The molecular weight excluding hydrogens is 294 g/mol. The lowest BCUT2D eigenvalue weighted by Gasteiger charge is -2.29. The maximum Gasteiger partial charge on any atom is 0.131 e. The summed E-state index contributed by atoms with van der Waals surface area (Å²) in [7, 11) is 0. The van der Waals surface area contributed by atoms with Crippen molar-refractivity contribution in [2.45, 2.75) is 12.5 Å². The lowest BCUT2D eigenvalue weighted by atomic mass is 9.93. The Labute approximate surface area is 114 Å². The van der Waals surface area contributed by atoms with Crippen LogP contribution in [0.4, 0.5) is 5.82 Å². The Morgan fingerprint density at radius 2 is 2.00 bits per heavy atom. The van der Waals surface area contributed by atoms with Gasteiger partial charge in [0.2, 0.25) is 0 Å². The summed E-state index contributed by atoms with van der Waals surface area (Å²) in [5.41, 5.74) is 0.428. The Morgan fingerprint density at radius 1 is 1.28 bits per heavy atom. The molecule has 1 heterocycles. The van der Waals surface area contributed by atoms with Crippen LogP contribution in [0.25, 0.3) is 0 Å². The summed E-state index contributed by atoms with van der Waals surface area (Å²) < 4.78 is 0.702. The molecule has 2 N–H and O–H groups in total. The van der Waals surface area contributed by atoms with Crippen molar-refractivity contribution in [2.24, 2.45) is 0 Å². The fourth-order valence-electron chi connectivity index (χ4n) is 1.69. The number of halogens is 1. The lowest BCUT2D eigenvalue weighted by molar-refractivity contribution is 0.223. The average Bonchev–Trinajstić information content (AvgIpc) is 2.39. The maximum absolute atomic E-state index is 9.65. The third kappa shape index (κ3) is 2.86. The molecule has 5 heteroatoms. The first-order valence-electron chi connectivity index (χ1n) is 5.56. The molecule has 0 aliphatic carbocycles. The summed E-state index contributed by atoms with van der Waals surface area (Å²) in [6, 6.07) is 11.6. The minimum Gasteiger partial charge on any atom is -0.394 e. The van der Waals surface area contributed by atoms with Gasteiger partial charge in [0.15, 0.2) is 0 Å². The normalized spacial score (nSPS) is 13.9.